The second kappa shape index (κ2) is 6.44. The highest BCUT2D eigenvalue weighted by atomic mass is 16.2. The first kappa shape index (κ1) is 16.0. The number of H-pyrrole nitrogens is 1. The first-order valence-corrected chi connectivity index (χ1v) is 8.47. The number of amides is 1. The van der Waals surface area contributed by atoms with Gasteiger partial charge in [0.05, 0.1) is 11.0 Å². The third-order valence-electron chi connectivity index (χ3n) is 4.40. The van der Waals surface area contributed by atoms with Gasteiger partial charge in [-0.15, -0.1) is 0 Å². The van der Waals surface area contributed by atoms with E-state index in [2.05, 4.69) is 15.3 Å². The minimum atomic E-state index is -0.288. The molecule has 2 N–H and O–H groups in total. The smallest absolute Gasteiger partial charge is 0.274 e. The molecule has 26 heavy (non-hydrogen) atoms. The van der Waals surface area contributed by atoms with Crippen molar-refractivity contribution in [1.82, 2.24) is 9.97 Å². The van der Waals surface area contributed by atoms with Gasteiger partial charge in [0.15, 0.2) is 0 Å². The summed E-state index contributed by atoms with van der Waals surface area (Å²) in [6.45, 7) is 2.01. The first-order chi connectivity index (χ1) is 12.6. The molecule has 0 fully saturated rings. The Labute approximate surface area is 149 Å². The number of fused-ring (bicyclic) bond motifs is 2. The third-order valence-corrected chi connectivity index (χ3v) is 4.40. The van der Waals surface area contributed by atoms with Crippen LogP contribution in [0.4, 0.5) is 5.69 Å². The minimum Gasteiger partial charge on any atom is -0.322 e. The van der Waals surface area contributed by atoms with Crippen LogP contribution in [-0.4, -0.2) is 15.9 Å². The number of benzene rings is 2. The number of aromatic amines is 1. The van der Waals surface area contributed by atoms with Crippen molar-refractivity contribution in [1.29, 1.82) is 0 Å². The largest absolute Gasteiger partial charge is 0.322 e. The molecule has 2 heterocycles. The quantitative estimate of drug-likeness (QED) is 0.592. The van der Waals surface area contributed by atoms with Crippen molar-refractivity contribution in [3.8, 4) is 0 Å². The van der Waals surface area contributed by atoms with E-state index in [1.54, 1.807) is 18.2 Å². The van der Waals surface area contributed by atoms with Gasteiger partial charge in [0.25, 0.3) is 5.91 Å². The number of hydrogen-bond donors (Lipinski definition) is 2. The first-order valence-electron chi connectivity index (χ1n) is 8.47. The predicted octanol–water partition coefficient (Wildman–Crippen LogP) is 3.89. The average Bonchev–Trinajstić information content (AvgIpc) is 2.66. The van der Waals surface area contributed by atoms with Crippen LogP contribution in [0.25, 0.3) is 21.8 Å². The topological polar surface area (TPSA) is 74.8 Å². The van der Waals surface area contributed by atoms with Crippen LogP contribution in [0.3, 0.4) is 0 Å². The zero-order valence-corrected chi connectivity index (χ0v) is 14.2. The van der Waals surface area contributed by atoms with Gasteiger partial charge in [-0.1, -0.05) is 37.3 Å². The molecule has 5 heteroatoms. The lowest BCUT2D eigenvalue weighted by Crippen LogP contribution is -2.14. The summed E-state index contributed by atoms with van der Waals surface area (Å²) in [6, 6.07) is 18.4. The molecular weight excluding hydrogens is 326 g/mol. The fraction of sp³-hybridized carbons (Fsp3) is 0.0952. The van der Waals surface area contributed by atoms with Crippen LogP contribution in [0.15, 0.2) is 65.5 Å². The Hall–Kier alpha value is -3.47. The van der Waals surface area contributed by atoms with Crippen molar-refractivity contribution in [2.75, 3.05) is 5.32 Å². The molecule has 0 saturated heterocycles. The van der Waals surface area contributed by atoms with E-state index in [0.717, 1.165) is 28.3 Å². The molecule has 0 aliphatic rings. The molecule has 0 spiro atoms. The van der Waals surface area contributed by atoms with E-state index in [0.29, 0.717) is 16.9 Å². The highest BCUT2D eigenvalue weighted by Gasteiger charge is 2.10. The van der Waals surface area contributed by atoms with Gasteiger partial charge in [0.2, 0.25) is 5.56 Å². The number of aryl methyl sites for hydroxylation is 1. The molecule has 4 rings (SSSR count). The molecule has 1 amide bonds. The van der Waals surface area contributed by atoms with Gasteiger partial charge in [0.1, 0.15) is 5.69 Å². The Bertz CT molecular complexity index is 1190. The molecule has 2 aromatic carbocycles. The number of nitrogens with zero attached hydrogens (tertiary/aromatic N) is 1. The standard InChI is InChI=1S/C21H17N3O2/c1-2-13-11-20(25)24-19-12-15(8-9-16(13)19)22-21(26)18-10-7-14-5-3-4-6-17(14)23-18/h3-12H,2H2,1H3,(H,22,26)(H,24,25). The molecule has 0 saturated carbocycles. The van der Waals surface area contributed by atoms with E-state index >= 15 is 0 Å². The number of carbonyl (C=O) groups excluding carboxylic acids is 1. The van der Waals surface area contributed by atoms with Crippen molar-refractivity contribution in [3.05, 3.63) is 82.3 Å². The number of para-hydroxylation sites is 1. The number of carbonyl (C=O) groups is 1. The molecule has 0 unspecified atom stereocenters. The van der Waals surface area contributed by atoms with Crippen molar-refractivity contribution >= 4 is 33.4 Å². The van der Waals surface area contributed by atoms with Gasteiger partial charge in [-0.3, -0.25) is 9.59 Å². The summed E-state index contributed by atoms with van der Waals surface area (Å²) >= 11 is 0. The van der Waals surface area contributed by atoms with Gasteiger partial charge in [-0.05, 0) is 36.2 Å². The number of hydrogen-bond acceptors (Lipinski definition) is 3. The molecule has 0 radical (unpaired) electrons. The van der Waals surface area contributed by atoms with Crippen molar-refractivity contribution in [2.45, 2.75) is 13.3 Å². The number of pyridine rings is 2. The molecular formula is C21H17N3O2. The Morgan fingerprint density at radius 2 is 1.92 bits per heavy atom. The van der Waals surface area contributed by atoms with Crippen LogP contribution in [0.2, 0.25) is 0 Å². The van der Waals surface area contributed by atoms with E-state index in [-0.39, 0.29) is 11.5 Å². The molecule has 4 aromatic rings. The maximum absolute atomic E-state index is 12.5. The second-order valence-corrected chi connectivity index (χ2v) is 6.12. The minimum absolute atomic E-state index is 0.144. The summed E-state index contributed by atoms with van der Waals surface area (Å²) in [4.78, 5) is 31.6. The lowest BCUT2D eigenvalue weighted by atomic mass is 10.1. The lowest BCUT2D eigenvalue weighted by Gasteiger charge is -2.09. The van der Waals surface area contributed by atoms with E-state index in [1.807, 2.05) is 49.4 Å². The number of anilines is 1. The van der Waals surface area contributed by atoms with Gasteiger partial charge in [-0.25, -0.2) is 4.98 Å². The zero-order chi connectivity index (χ0) is 18.1. The number of aromatic nitrogens is 2. The van der Waals surface area contributed by atoms with Crippen LogP contribution >= 0.6 is 0 Å². The van der Waals surface area contributed by atoms with Crippen molar-refractivity contribution in [3.63, 3.8) is 0 Å². The maximum atomic E-state index is 12.5. The second-order valence-electron chi connectivity index (χ2n) is 6.12. The molecule has 128 valence electrons. The summed E-state index contributed by atoms with van der Waals surface area (Å²) in [5.74, 6) is -0.288. The van der Waals surface area contributed by atoms with Gasteiger partial charge in [0, 0.05) is 22.5 Å². The molecule has 5 nitrogen and oxygen atoms in total. The normalized spacial score (nSPS) is 11.0. The molecule has 0 aliphatic carbocycles. The summed E-state index contributed by atoms with van der Waals surface area (Å²) in [5.41, 5.74) is 3.28. The summed E-state index contributed by atoms with van der Waals surface area (Å²) in [7, 11) is 0. The Morgan fingerprint density at radius 1 is 1.08 bits per heavy atom. The molecule has 0 bridgehead atoms. The molecule has 0 aliphatic heterocycles. The van der Waals surface area contributed by atoms with Crippen LogP contribution < -0.4 is 10.9 Å². The fourth-order valence-corrected chi connectivity index (χ4v) is 3.09. The Balaban J connectivity index is 1.67. The number of nitrogens with one attached hydrogen (secondary N) is 2. The molecule has 2 aromatic heterocycles. The van der Waals surface area contributed by atoms with Gasteiger partial charge >= 0.3 is 0 Å². The Morgan fingerprint density at radius 3 is 2.77 bits per heavy atom. The van der Waals surface area contributed by atoms with E-state index < -0.39 is 0 Å². The molecule has 0 atom stereocenters. The number of rotatable bonds is 3. The highest BCUT2D eigenvalue weighted by molar-refractivity contribution is 6.05. The zero-order valence-electron chi connectivity index (χ0n) is 14.2. The predicted molar refractivity (Wildman–Crippen MR) is 104 cm³/mol. The Kier molecular flexibility index (Phi) is 3.97. The van der Waals surface area contributed by atoms with Crippen LogP contribution in [0, 0.1) is 0 Å². The monoisotopic (exact) mass is 343 g/mol. The SMILES string of the molecule is CCc1cc(=O)[nH]c2cc(NC(=O)c3ccc4ccccc4n3)ccc12. The summed E-state index contributed by atoms with van der Waals surface area (Å²) in [6.07, 6.45) is 0.771. The van der Waals surface area contributed by atoms with Crippen LogP contribution in [0.5, 0.6) is 0 Å². The van der Waals surface area contributed by atoms with Crippen LogP contribution in [0.1, 0.15) is 23.0 Å². The highest BCUT2D eigenvalue weighted by Crippen LogP contribution is 2.21. The van der Waals surface area contributed by atoms with Gasteiger partial charge in [-0.2, -0.15) is 0 Å². The van der Waals surface area contributed by atoms with Crippen LogP contribution in [-0.2, 0) is 6.42 Å². The van der Waals surface area contributed by atoms with E-state index in [4.69, 9.17) is 0 Å². The summed E-state index contributed by atoms with van der Waals surface area (Å²) < 4.78 is 0. The van der Waals surface area contributed by atoms with Crippen molar-refractivity contribution < 1.29 is 4.79 Å². The van der Waals surface area contributed by atoms with Crippen molar-refractivity contribution in [2.24, 2.45) is 0 Å². The van der Waals surface area contributed by atoms with Gasteiger partial charge < -0.3 is 10.3 Å². The average molecular weight is 343 g/mol. The lowest BCUT2D eigenvalue weighted by molar-refractivity contribution is 0.102. The van der Waals surface area contributed by atoms with E-state index in [1.165, 1.54) is 0 Å². The van der Waals surface area contributed by atoms with E-state index in [9.17, 15) is 9.59 Å². The summed E-state index contributed by atoms with van der Waals surface area (Å²) in [5, 5.41) is 4.81. The fourth-order valence-electron chi connectivity index (χ4n) is 3.09. The maximum Gasteiger partial charge on any atom is 0.274 e. The third kappa shape index (κ3) is 2.95.